The molecule has 0 bridgehead atoms. The molecule has 0 unspecified atom stereocenters. The number of ether oxygens (including phenoxy) is 1. The second-order valence-electron chi connectivity index (χ2n) is 3.62. The largest absolute Gasteiger partial charge is 0.492 e. The molecule has 2 aromatic rings. The van der Waals surface area contributed by atoms with Crippen LogP contribution in [-0.2, 0) is 0 Å². The predicted octanol–water partition coefficient (Wildman–Crippen LogP) is 3.59. The van der Waals surface area contributed by atoms with Crippen LogP contribution in [0.25, 0.3) is 11.3 Å². The smallest absolute Gasteiger partial charge is 0.138 e. The van der Waals surface area contributed by atoms with Gasteiger partial charge in [-0.15, -0.1) is 0 Å². The number of hydrogen-bond acceptors (Lipinski definition) is 3. The van der Waals surface area contributed by atoms with Crippen LogP contribution in [0.3, 0.4) is 0 Å². The van der Waals surface area contributed by atoms with Crippen molar-refractivity contribution in [1.82, 2.24) is 9.97 Å². The van der Waals surface area contributed by atoms with Crippen molar-refractivity contribution in [2.45, 2.75) is 13.3 Å². The Morgan fingerprint density at radius 3 is 2.94 bits per heavy atom. The zero-order valence-corrected chi connectivity index (χ0v) is 10.3. The molecule has 0 saturated heterocycles. The predicted molar refractivity (Wildman–Crippen MR) is 68.3 cm³/mol. The van der Waals surface area contributed by atoms with Crippen molar-refractivity contribution >= 4 is 11.6 Å². The fourth-order valence-corrected chi connectivity index (χ4v) is 1.58. The lowest BCUT2D eigenvalue weighted by Gasteiger charge is -2.06. The molecule has 0 saturated carbocycles. The highest BCUT2D eigenvalue weighted by Gasteiger charge is 2.02. The van der Waals surface area contributed by atoms with Gasteiger partial charge in [0.05, 0.1) is 18.5 Å². The summed E-state index contributed by atoms with van der Waals surface area (Å²) in [4.78, 5) is 8.39. The molecule has 17 heavy (non-hydrogen) atoms. The van der Waals surface area contributed by atoms with E-state index >= 15 is 0 Å². The summed E-state index contributed by atoms with van der Waals surface area (Å²) in [6, 6.07) is 5.47. The molecule has 0 aliphatic rings. The van der Waals surface area contributed by atoms with E-state index in [1.54, 1.807) is 24.7 Å². The maximum absolute atomic E-state index is 5.93. The molecule has 0 aliphatic carbocycles. The van der Waals surface area contributed by atoms with Crippen molar-refractivity contribution < 1.29 is 4.74 Å². The Bertz CT molecular complexity index is 502. The number of halogens is 1. The van der Waals surface area contributed by atoms with E-state index < -0.39 is 0 Å². The molecule has 0 fully saturated rings. The Hall–Kier alpha value is -1.61. The van der Waals surface area contributed by atoms with Crippen molar-refractivity contribution in [2.75, 3.05) is 6.61 Å². The van der Waals surface area contributed by atoms with E-state index in [-0.39, 0.29) is 0 Å². The van der Waals surface area contributed by atoms with Crippen molar-refractivity contribution in [3.05, 3.63) is 41.8 Å². The van der Waals surface area contributed by atoms with Gasteiger partial charge in [0.1, 0.15) is 5.75 Å². The Balaban J connectivity index is 2.26. The van der Waals surface area contributed by atoms with Crippen LogP contribution in [0.15, 0.2) is 36.8 Å². The average Bonchev–Trinajstić information content (AvgIpc) is 2.37. The molecule has 3 nitrogen and oxygen atoms in total. The van der Waals surface area contributed by atoms with Gasteiger partial charge >= 0.3 is 0 Å². The summed E-state index contributed by atoms with van der Waals surface area (Å²) < 4.78 is 5.52. The van der Waals surface area contributed by atoms with Crippen LogP contribution in [0, 0.1) is 0 Å². The molecule has 0 amide bonds. The van der Waals surface area contributed by atoms with Gasteiger partial charge < -0.3 is 4.74 Å². The molecule has 0 aromatic carbocycles. The van der Waals surface area contributed by atoms with Gasteiger partial charge in [0.25, 0.3) is 0 Å². The van der Waals surface area contributed by atoms with Gasteiger partial charge in [-0.2, -0.15) is 0 Å². The van der Waals surface area contributed by atoms with Crippen molar-refractivity contribution in [3.8, 4) is 17.0 Å². The summed E-state index contributed by atoms with van der Waals surface area (Å²) >= 11 is 5.93. The van der Waals surface area contributed by atoms with Crippen molar-refractivity contribution in [2.24, 2.45) is 0 Å². The van der Waals surface area contributed by atoms with Crippen LogP contribution in [-0.4, -0.2) is 16.6 Å². The van der Waals surface area contributed by atoms with Crippen LogP contribution >= 0.6 is 11.6 Å². The lowest BCUT2D eigenvalue weighted by atomic mass is 10.2. The maximum Gasteiger partial charge on any atom is 0.138 e. The minimum Gasteiger partial charge on any atom is -0.492 e. The first kappa shape index (κ1) is 11.9. The summed E-state index contributed by atoms with van der Waals surface area (Å²) in [6.07, 6.45) is 6.10. The van der Waals surface area contributed by atoms with Gasteiger partial charge in [-0.1, -0.05) is 18.5 Å². The number of rotatable bonds is 4. The number of nitrogens with zero attached hydrogens (tertiary/aromatic N) is 2. The standard InChI is InChI=1S/C13H13ClN2O/c1-2-5-17-12-6-10(8-15-9-12)13-7-11(14)3-4-16-13/h3-4,6-9H,2,5H2,1H3. The van der Waals surface area contributed by atoms with E-state index in [1.165, 1.54) is 0 Å². The van der Waals surface area contributed by atoms with E-state index in [9.17, 15) is 0 Å². The third kappa shape index (κ3) is 3.17. The highest BCUT2D eigenvalue weighted by Crippen LogP contribution is 2.22. The summed E-state index contributed by atoms with van der Waals surface area (Å²) in [5, 5.41) is 0.662. The van der Waals surface area contributed by atoms with Crippen molar-refractivity contribution in [1.29, 1.82) is 0 Å². The van der Waals surface area contributed by atoms with E-state index in [0.29, 0.717) is 11.6 Å². The monoisotopic (exact) mass is 248 g/mol. The molecule has 4 heteroatoms. The number of pyridine rings is 2. The summed E-state index contributed by atoms with van der Waals surface area (Å²) in [7, 11) is 0. The number of hydrogen-bond donors (Lipinski definition) is 0. The first-order valence-electron chi connectivity index (χ1n) is 5.49. The van der Waals surface area contributed by atoms with Gasteiger partial charge in [-0.25, -0.2) is 0 Å². The normalized spacial score (nSPS) is 10.2. The second-order valence-corrected chi connectivity index (χ2v) is 4.05. The third-order valence-corrected chi connectivity index (χ3v) is 2.44. The molecular weight excluding hydrogens is 236 g/mol. The topological polar surface area (TPSA) is 35.0 Å². The highest BCUT2D eigenvalue weighted by atomic mass is 35.5. The highest BCUT2D eigenvalue weighted by molar-refractivity contribution is 6.30. The van der Waals surface area contributed by atoms with Gasteiger partial charge in [-0.3, -0.25) is 9.97 Å². The van der Waals surface area contributed by atoms with Crippen LogP contribution in [0.2, 0.25) is 5.02 Å². The van der Waals surface area contributed by atoms with Gasteiger partial charge in [0.15, 0.2) is 0 Å². The van der Waals surface area contributed by atoms with Gasteiger partial charge in [-0.05, 0) is 24.6 Å². The third-order valence-electron chi connectivity index (χ3n) is 2.20. The lowest BCUT2D eigenvalue weighted by molar-refractivity contribution is 0.316. The molecule has 0 N–H and O–H groups in total. The molecular formula is C13H13ClN2O. The van der Waals surface area contributed by atoms with Gasteiger partial charge in [0, 0.05) is 23.0 Å². The molecule has 2 heterocycles. The minimum atomic E-state index is 0.662. The van der Waals surface area contributed by atoms with Crippen LogP contribution in [0.1, 0.15) is 13.3 Å². The van der Waals surface area contributed by atoms with E-state index in [4.69, 9.17) is 16.3 Å². The quantitative estimate of drug-likeness (QED) is 0.830. The molecule has 0 atom stereocenters. The zero-order valence-electron chi connectivity index (χ0n) is 9.56. The molecule has 0 aliphatic heterocycles. The van der Waals surface area contributed by atoms with E-state index in [1.807, 2.05) is 12.1 Å². The molecule has 2 aromatic heterocycles. The average molecular weight is 249 g/mol. The van der Waals surface area contributed by atoms with Crippen LogP contribution in [0.5, 0.6) is 5.75 Å². The van der Waals surface area contributed by atoms with Crippen molar-refractivity contribution in [3.63, 3.8) is 0 Å². The molecule has 0 radical (unpaired) electrons. The molecule has 0 spiro atoms. The lowest BCUT2D eigenvalue weighted by Crippen LogP contribution is -1.96. The maximum atomic E-state index is 5.93. The first-order chi connectivity index (χ1) is 8.29. The second kappa shape index (κ2) is 5.64. The zero-order chi connectivity index (χ0) is 12.1. The molecule has 88 valence electrons. The van der Waals surface area contributed by atoms with Gasteiger partial charge in [0.2, 0.25) is 0 Å². The summed E-state index contributed by atoms with van der Waals surface area (Å²) in [5.74, 6) is 0.756. The van der Waals surface area contributed by atoms with E-state index in [0.717, 1.165) is 23.4 Å². The Morgan fingerprint density at radius 2 is 2.18 bits per heavy atom. The number of aromatic nitrogens is 2. The Kier molecular flexibility index (Phi) is 3.94. The molecule has 2 rings (SSSR count). The Morgan fingerprint density at radius 1 is 1.29 bits per heavy atom. The van der Waals surface area contributed by atoms with Crippen LogP contribution in [0.4, 0.5) is 0 Å². The summed E-state index contributed by atoms with van der Waals surface area (Å²) in [5.41, 5.74) is 1.70. The Labute approximate surface area is 105 Å². The SMILES string of the molecule is CCCOc1cncc(-c2cc(Cl)ccn2)c1. The summed E-state index contributed by atoms with van der Waals surface area (Å²) in [6.45, 7) is 2.75. The fraction of sp³-hybridized carbons (Fsp3) is 0.231. The van der Waals surface area contributed by atoms with Crippen LogP contribution < -0.4 is 4.74 Å². The first-order valence-corrected chi connectivity index (χ1v) is 5.87. The fourth-order valence-electron chi connectivity index (χ4n) is 1.42. The van der Waals surface area contributed by atoms with E-state index in [2.05, 4.69) is 16.9 Å². The minimum absolute atomic E-state index is 0.662.